The van der Waals surface area contributed by atoms with Gasteiger partial charge in [-0.05, 0) is 80.1 Å². The summed E-state index contributed by atoms with van der Waals surface area (Å²) in [5, 5.41) is 0. The Morgan fingerprint density at radius 2 is 1.42 bits per heavy atom. The molecule has 0 saturated carbocycles. The van der Waals surface area contributed by atoms with Crippen molar-refractivity contribution < 1.29 is 9.47 Å². The second kappa shape index (κ2) is 9.90. The summed E-state index contributed by atoms with van der Waals surface area (Å²) in [4.78, 5) is 0. The van der Waals surface area contributed by atoms with Gasteiger partial charge in [-0.2, -0.15) is 0 Å². The minimum absolute atomic E-state index is 0.548. The molecule has 0 spiro atoms. The second-order valence-electron chi connectivity index (χ2n) is 5.68. The van der Waals surface area contributed by atoms with Crippen LogP contribution in [0, 0.1) is 0 Å². The van der Waals surface area contributed by atoms with Gasteiger partial charge in [-0.3, -0.25) is 0 Å². The molecule has 0 amide bonds. The number of hydrogen-bond donors (Lipinski definition) is 0. The predicted molar refractivity (Wildman–Crippen MR) is 110 cm³/mol. The van der Waals surface area contributed by atoms with Crippen LogP contribution in [0.5, 0.6) is 11.5 Å². The predicted octanol–water partition coefficient (Wildman–Crippen LogP) is 7.07. The molecule has 24 heavy (non-hydrogen) atoms. The Bertz CT molecular complexity index is 694. The minimum Gasteiger partial charge on any atom is -0.496 e. The van der Waals surface area contributed by atoms with Crippen LogP contribution in [0.25, 0.3) is 5.57 Å². The van der Waals surface area contributed by atoms with Crippen LogP contribution in [-0.4, -0.2) is 14.2 Å². The third-order valence-electron chi connectivity index (χ3n) is 3.49. The molecule has 2 rings (SSSR count). The van der Waals surface area contributed by atoms with Gasteiger partial charge in [0.25, 0.3) is 0 Å². The van der Waals surface area contributed by atoms with Crippen molar-refractivity contribution in [3.05, 3.63) is 63.0 Å². The number of benzene rings is 2. The molecule has 0 fully saturated rings. The van der Waals surface area contributed by atoms with Crippen molar-refractivity contribution >= 4 is 37.4 Å². The number of ether oxygens (including phenoxy) is 2. The van der Waals surface area contributed by atoms with Gasteiger partial charge in [0, 0.05) is 0 Å². The summed E-state index contributed by atoms with van der Waals surface area (Å²) in [7, 11) is 3.34. The highest BCUT2D eigenvalue weighted by atomic mass is 79.9. The van der Waals surface area contributed by atoms with Crippen LogP contribution in [0.15, 0.2) is 51.9 Å². The molecule has 0 saturated heterocycles. The van der Waals surface area contributed by atoms with E-state index in [2.05, 4.69) is 64.4 Å². The number of methoxy groups -OCH3 is 2. The molecule has 2 aromatic carbocycles. The van der Waals surface area contributed by atoms with E-state index < -0.39 is 0 Å². The fraction of sp³-hybridized carbons (Fsp3) is 0.300. The second-order valence-corrected chi connectivity index (χ2v) is 7.39. The van der Waals surface area contributed by atoms with E-state index in [-0.39, 0.29) is 0 Å². The monoisotopic (exact) mass is 454 g/mol. The average Bonchev–Trinajstić information content (AvgIpc) is 2.55. The molecule has 0 atom stereocenters. The largest absolute Gasteiger partial charge is 0.496 e. The first-order chi connectivity index (χ1) is 11.3. The smallest absolute Gasteiger partial charge is 0.133 e. The molecule has 0 aliphatic heterocycles. The lowest BCUT2D eigenvalue weighted by molar-refractivity contribution is 0.411. The highest BCUT2D eigenvalue weighted by Crippen LogP contribution is 2.29. The van der Waals surface area contributed by atoms with Crippen molar-refractivity contribution in [1.82, 2.24) is 0 Å². The standard InChI is InChI=1S/C10H13BrO.C10H11BrO/c2*1-7(2)8-4-5-9(11)10(6-8)12-3/h4-7H,1-3H3;4-6H,1H2,2-3H3. The van der Waals surface area contributed by atoms with Crippen molar-refractivity contribution in [1.29, 1.82) is 0 Å². The minimum atomic E-state index is 0.548. The van der Waals surface area contributed by atoms with Gasteiger partial charge in [0.1, 0.15) is 11.5 Å². The molecule has 2 nitrogen and oxygen atoms in total. The average molecular weight is 456 g/mol. The first kappa shape index (κ1) is 20.8. The fourth-order valence-corrected chi connectivity index (χ4v) is 2.78. The van der Waals surface area contributed by atoms with E-state index in [0.717, 1.165) is 31.6 Å². The lowest BCUT2D eigenvalue weighted by Crippen LogP contribution is -1.90. The maximum atomic E-state index is 5.19. The van der Waals surface area contributed by atoms with E-state index in [0.29, 0.717) is 5.92 Å². The highest BCUT2D eigenvalue weighted by molar-refractivity contribution is 9.10. The molecule has 0 aromatic heterocycles. The van der Waals surface area contributed by atoms with Gasteiger partial charge in [-0.1, -0.05) is 38.1 Å². The van der Waals surface area contributed by atoms with Crippen LogP contribution in [0.3, 0.4) is 0 Å². The molecule has 0 aliphatic carbocycles. The first-order valence-electron chi connectivity index (χ1n) is 7.63. The van der Waals surface area contributed by atoms with Crippen molar-refractivity contribution in [2.24, 2.45) is 0 Å². The number of rotatable bonds is 4. The number of hydrogen-bond acceptors (Lipinski definition) is 2. The zero-order chi connectivity index (χ0) is 18.3. The summed E-state index contributed by atoms with van der Waals surface area (Å²) in [5.41, 5.74) is 3.45. The maximum Gasteiger partial charge on any atom is 0.133 e. The highest BCUT2D eigenvalue weighted by Gasteiger charge is 2.03. The first-order valence-corrected chi connectivity index (χ1v) is 9.21. The van der Waals surface area contributed by atoms with Gasteiger partial charge < -0.3 is 9.47 Å². The molecule has 0 bridgehead atoms. The van der Waals surface area contributed by atoms with E-state index in [4.69, 9.17) is 9.47 Å². The zero-order valence-electron chi connectivity index (χ0n) is 14.8. The lowest BCUT2D eigenvalue weighted by atomic mass is 10.0. The van der Waals surface area contributed by atoms with Crippen LogP contribution >= 0.6 is 31.9 Å². The van der Waals surface area contributed by atoms with Gasteiger partial charge in [0.2, 0.25) is 0 Å². The normalized spacial score (nSPS) is 10.0. The van der Waals surface area contributed by atoms with E-state index in [9.17, 15) is 0 Å². The summed E-state index contributed by atoms with van der Waals surface area (Å²) in [6.07, 6.45) is 0. The molecule has 0 radical (unpaired) electrons. The Balaban J connectivity index is 0.000000240. The van der Waals surface area contributed by atoms with Gasteiger partial charge >= 0.3 is 0 Å². The fourth-order valence-electron chi connectivity index (χ4n) is 1.96. The van der Waals surface area contributed by atoms with Gasteiger partial charge in [0.05, 0.1) is 23.2 Å². The summed E-state index contributed by atoms with van der Waals surface area (Å²) in [5.74, 6) is 2.30. The van der Waals surface area contributed by atoms with E-state index in [1.807, 2.05) is 31.2 Å². The molecule has 0 unspecified atom stereocenters. The molecule has 0 N–H and O–H groups in total. The number of allylic oxidation sites excluding steroid dienone is 1. The van der Waals surface area contributed by atoms with Crippen LogP contribution in [0.4, 0.5) is 0 Å². The quantitative estimate of drug-likeness (QED) is 0.490. The van der Waals surface area contributed by atoms with Gasteiger partial charge in [-0.25, -0.2) is 0 Å². The van der Waals surface area contributed by atoms with E-state index in [1.165, 1.54) is 5.56 Å². The van der Waals surface area contributed by atoms with E-state index in [1.54, 1.807) is 14.2 Å². The topological polar surface area (TPSA) is 18.5 Å². The molecule has 4 heteroatoms. The van der Waals surface area contributed by atoms with Crippen molar-refractivity contribution in [2.75, 3.05) is 14.2 Å². The summed E-state index contributed by atoms with van der Waals surface area (Å²) in [6, 6.07) is 12.1. The van der Waals surface area contributed by atoms with Crippen molar-refractivity contribution in [3.63, 3.8) is 0 Å². The molecule has 2 aromatic rings. The Labute approximate surface area is 162 Å². The van der Waals surface area contributed by atoms with Gasteiger partial charge in [0.15, 0.2) is 0 Å². The zero-order valence-corrected chi connectivity index (χ0v) is 18.0. The molecular formula is C20H24Br2O2. The Hall–Kier alpha value is -1.26. The van der Waals surface area contributed by atoms with E-state index >= 15 is 0 Å². The summed E-state index contributed by atoms with van der Waals surface area (Å²) >= 11 is 6.80. The van der Waals surface area contributed by atoms with Crippen LogP contribution in [0.1, 0.15) is 37.8 Å². The molecular weight excluding hydrogens is 432 g/mol. The van der Waals surface area contributed by atoms with Crippen molar-refractivity contribution in [3.8, 4) is 11.5 Å². The van der Waals surface area contributed by atoms with Gasteiger partial charge in [-0.15, -0.1) is 0 Å². The van der Waals surface area contributed by atoms with Crippen LogP contribution < -0.4 is 9.47 Å². The molecule has 0 heterocycles. The lowest BCUT2D eigenvalue weighted by Gasteiger charge is -2.08. The molecule has 130 valence electrons. The Morgan fingerprint density at radius 1 is 0.917 bits per heavy atom. The van der Waals surface area contributed by atoms with Crippen molar-refractivity contribution in [2.45, 2.75) is 26.7 Å². The summed E-state index contributed by atoms with van der Waals surface area (Å²) in [6.45, 7) is 10.2. The number of halogens is 2. The van der Waals surface area contributed by atoms with Crippen LogP contribution in [0.2, 0.25) is 0 Å². The third-order valence-corrected chi connectivity index (χ3v) is 4.80. The maximum absolute atomic E-state index is 5.19. The van der Waals surface area contributed by atoms with Crippen LogP contribution in [-0.2, 0) is 0 Å². The SMILES string of the molecule is C=C(C)c1ccc(Br)c(OC)c1.COc1cc(C(C)C)ccc1Br. The molecule has 0 aliphatic rings. The Kier molecular flexibility index (Phi) is 8.57. The summed E-state index contributed by atoms with van der Waals surface area (Å²) < 4.78 is 12.3. The third kappa shape index (κ3) is 5.99. The Morgan fingerprint density at radius 3 is 1.88 bits per heavy atom.